The van der Waals surface area contributed by atoms with Gasteiger partial charge in [0.05, 0.1) is 5.69 Å². The van der Waals surface area contributed by atoms with Crippen LogP contribution in [0.2, 0.25) is 0 Å². The number of halogens is 1. The number of hydrogen-bond donors (Lipinski definition) is 2. The first-order chi connectivity index (χ1) is 12.0. The second-order valence-electron chi connectivity index (χ2n) is 5.76. The van der Waals surface area contributed by atoms with Gasteiger partial charge in [-0.25, -0.2) is 4.79 Å². The number of rotatable bonds is 5. The Bertz CT molecular complexity index is 795. The number of nitrogens with zero attached hydrogens (tertiary/aromatic N) is 5. The maximum absolute atomic E-state index is 12.6. The molecule has 0 spiro atoms. The van der Waals surface area contributed by atoms with Crippen molar-refractivity contribution in [2.75, 3.05) is 11.9 Å². The van der Waals surface area contributed by atoms with Gasteiger partial charge in [-0.3, -0.25) is 4.79 Å². The molecule has 0 saturated carbocycles. The van der Waals surface area contributed by atoms with Crippen molar-refractivity contribution in [2.45, 2.75) is 31.8 Å². The zero-order valence-corrected chi connectivity index (χ0v) is 15.0. The smallest absolute Gasteiger partial charge is 0.326 e. The topological polar surface area (TPSA) is 113 Å². The van der Waals surface area contributed by atoms with Gasteiger partial charge in [-0.05, 0) is 58.3 Å². The Morgan fingerprint density at radius 3 is 2.88 bits per heavy atom. The van der Waals surface area contributed by atoms with E-state index in [1.54, 1.807) is 6.92 Å². The molecule has 25 heavy (non-hydrogen) atoms. The molecular weight excluding hydrogens is 392 g/mol. The number of likely N-dealkylation sites (tertiary alicyclic amines) is 1. The van der Waals surface area contributed by atoms with Gasteiger partial charge in [0.2, 0.25) is 11.9 Å². The van der Waals surface area contributed by atoms with Crippen molar-refractivity contribution in [1.29, 1.82) is 0 Å². The third kappa shape index (κ3) is 3.48. The summed E-state index contributed by atoms with van der Waals surface area (Å²) in [5, 5.41) is 23.7. The molecule has 1 aromatic heterocycles. The van der Waals surface area contributed by atoms with Crippen LogP contribution in [0, 0.1) is 0 Å². The van der Waals surface area contributed by atoms with E-state index in [0.717, 1.165) is 10.2 Å². The van der Waals surface area contributed by atoms with E-state index in [1.165, 1.54) is 9.58 Å². The van der Waals surface area contributed by atoms with Crippen molar-refractivity contribution in [3.63, 3.8) is 0 Å². The third-order valence-corrected chi connectivity index (χ3v) is 4.76. The molecule has 0 aliphatic carbocycles. The van der Waals surface area contributed by atoms with Crippen LogP contribution >= 0.6 is 15.9 Å². The zero-order chi connectivity index (χ0) is 18.0. The van der Waals surface area contributed by atoms with Crippen molar-refractivity contribution < 1.29 is 14.7 Å². The Hall–Kier alpha value is -2.49. The number of nitrogens with one attached hydrogen (secondary N) is 1. The van der Waals surface area contributed by atoms with Crippen LogP contribution in [0.25, 0.3) is 5.69 Å². The minimum atomic E-state index is -0.976. The quantitative estimate of drug-likeness (QED) is 0.765. The maximum atomic E-state index is 12.6. The second kappa shape index (κ2) is 7.18. The number of carboxylic acid groups (broad SMARTS) is 1. The lowest BCUT2D eigenvalue weighted by atomic mass is 10.2. The average Bonchev–Trinajstić information content (AvgIpc) is 3.23. The van der Waals surface area contributed by atoms with Crippen molar-refractivity contribution in [2.24, 2.45) is 0 Å². The summed E-state index contributed by atoms with van der Waals surface area (Å²) in [6, 6.07) is 5.98. The maximum Gasteiger partial charge on any atom is 0.326 e. The number of para-hydroxylation sites is 1. The van der Waals surface area contributed by atoms with E-state index in [2.05, 4.69) is 36.8 Å². The molecule has 9 nitrogen and oxygen atoms in total. The molecule has 2 atom stereocenters. The molecule has 1 aromatic carbocycles. The summed E-state index contributed by atoms with van der Waals surface area (Å²) in [6.45, 7) is 2.11. The van der Waals surface area contributed by atoms with Gasteiger partial charge in [0.1, 0.15) is 12.1 Å². The van der Waals surface area contributed by atoms with Gasteiger partial charge in [0, 0.05) is 11.0 Å². The summed E-state index contributed by atoms with van der Waals surface area (Å²) < 4.78 is 2.28. The number of benzene rings is 1. The molecule has 2 heterocycles. The highest BCUT2D eigenvalue weighted by atomic mass is 79.9. The molecule has 1 fully saturated rings. The molecule has 1 saturated heterocycles. The first-order valence-corrected chi connectivity index (χ1v) is 8.61. The molecule has 10 heteroatoms. The fourth-order valence-electron chi connectivity index (χ4n) is 2.85. The highest BCUT2D eigenvalue weighted by molar-refractivity contribution is 9.10. The van der Waals surface area contributed by atoms with E-state index in [9.17, 15) is 14.7 Å². The third-order valence-electron chi connectivity index (χ3n) is 4.09. The molecule has 132 valence electrons. The lowest BCUT2D eigenvalue weighted by Crippen LogP contribution is -2.47. The number of carbonyl (C=O) groups excluding carboxylic acids is 1. The van der Waals surface area contributed by atoms with E-state index in [1.807, 2.05) is 24.3 Å². The molecule has 0 bridgehead atoms. The second-order valence-corrected chi connectivity index (χ2v) is 6.61. The zero-order valence-electron chi connectivity index (χ0n) is 13.5. The van der Waals surface area contributed by atoms with E-state index in [-0.39, 0.29) is 5.91 Å². The van der Waals surface area contributed by atoms with Crippen LogP contribution in [0.15, 0.2) is 28.7 Å². The number of aromatic nitrogens is 4. The van der Waals surface area contributed by atoms with Gasteiger partial charge in [0.25, 0.3) is 0 Å². The molecule has 2 aromatic rings. The van der Waals surface area contributed by atoms with Crippen LogP contribution in [-0.4, -0.2) is 60.7 Å². The lowest BCUT2D eigenvalue weighted by molar-refractivity contribution is -0.148. The summed E-state index contributed by atoms with van der Waals surface area (Å²) in [7, 11) is 0. The monoisotopic (exact) mass is 408 g/mol. The number of tetrazole rings is 1. The number of amides is 1. The molecule has 0 radical (unpaired) electrons. The van der Waals surface area contributed by atoms with Gasteiger partial charge in [0.15, 0.2) is 0 Å². The Kier molecular flexibility index (Phi) is 4.98. The highest BCUT2D eigenvalue weighted by Crippen LogP contribution is 2.23. The Labute approximate surface area is 152 Å². The SMILES string of the molecule is C[C@H](Nc1nnnn1-c1ccccc1Br)C(=O)N1CCC[C@H]1C(=O)O. The first kappa shape index (κ1) is 17.3. The van der Waals surface area contributed by atoms with E-state index >= 15 is 0 Å². The summed E-state index contributed by atoms with van der Waals surface area (Å²) >= 11 is 3.44. The fraction of sp³-hybridized carbons (Fsp3) is 0.400. The Morgan fingerprint density at radius 2 is 2.16 bits per heavy atom. The van der Waals surface area contributed by atoms with Crippen LogP contribution in [0.5, 0.6) is 0 Å². The van der Waals surface area contributed by atoms with Gasteiger partial charge < -0.3 is 15.3 Å². The minimum absolute atomic E-state index is 0.286. The van der Waals surface area contributed by atoms with Crippen molar-refractivity contribution in [3.8, 4) is 5.69 Å². The van der Waals surface area contributed by atoms with Gasteiger partial charge in [-0.2, -0.15) is 4.68 Å². The Balaban J connectivity index is 1.77. The standard InChI is InChI=1S/C15H17BrN6O3/c1-9(13(23)21-8-4-7-12(21)14(24)25)17-15-18-19-20-22(15)11-6-3-2-5-10(11)16/h2-3,5-6,9,12H,4,7-8H2,1H3,(H,24,25)(H,17,18,20)/t9-,12-/m0/s1. The Morgan fingerprint density at radius 1 is 1.40 bits per heavy atom. The van der Waals surface area contributed by atoms with Gasteiger partial charge in [-0.1, -0.05) is 17.2 Å². The van der Waals surface area contributed by atoms with Gasteiger partial charge >= 0.3 is 5.97 Å². The number of carbonyl (C=O) groups is 2. The molecule has 3 rings (SSSR count). The average molecular weight is 409 g/mol. The predicted octanol–water partition coefficient (Wildman–Crippen LogP) is 1.30. The summed E-state index contributed by atoms with van der Waals surface area (Å²) in [5.74, 6) is -0.957. The minimum Gasteiger partial charge on any atom is -0.480 e. The molecule has 1 aliphatic rings. The highest BCUT2D eigenvalue weighted by Gasteiger charge is 2.36. The summed E-state index contributed by atoms with van der Waals surface area (Å²) in [5.41, 5.74) is 0.722. The first-order valence-electron chi connectivity index (χ1n) is 7.82. The van der Waals surface area contributed by atoms with Crippen molar-refractivity contribution >= 4 is 33.8 Å². The van der Waals surface area contributed by atoms with Crippen LogP contribution in [0.3, 0.4) is 0 Å². The summed E-state index contributed by atoms with van der Waals surface area (Å²) in [4.78, 5) is 25.3. The molecule has 1 aliphatic heterocycles. The molecule has 0 unspecified atom stereocenters. The van der Waals surface area contributed by atoms with Crippen LogP contribution < -0.4 is 5.32 Å². The predicted molar refractivity (Wildman–Crippen MR) is 92.3 cm³/mol. The molecular formula is C15H17BrN6O3. The van der Waals surface area contributed by atoms with Crippen molar-refractivity contribution in [3.05, 3.63) is 28.7 Å². The summed E-state index contributed by atoms with van der Waals surface area (Å²) in [6.07, 6.45) is 1.16. The fourth-order valence-corrected chi connectivity index (χ4v) is 3.31. The number of hydrogen-bond acceptors (Lipinski definition) is 6. The lowest BCUT2D eigenvalue weighted by Gasteiger charge is -2.25. The normalized spacial score (nSPS) is 18.2. The van der Waals surface area contributed by atoms with Crippen LogP contribution in [0.4, 0.5) is 5.95 Å². The number of anilines is 1. The molecule has 1 amide bonds. The number of aliphatic carboxylic acids is 1. The number of carboxylic acids is 1. The van der Waals surface area contributed by atoms with Crippen LogP contribution in [0.1, 0.15) is 19.8 Å². The van der Waals surface area contributed by atoms with E-state index in [0.29, 0.717) is 25.3 Å². The largest absolute Gasteiger partial charge is 0.480 e. The van der Waals surface area contributed by atoms with E-state index in [4.69, 9.17) is 0 Å². The van der Waals surface area contributed by atoms with Crippen LogP contribution in [-0.2, 0) is 9.59 Å². The molecule has 2 N–H and O–H groups in total. The van der Waals surface area contributed by atoms with Crippen molar-refractivity contribution in [1.82, 2.24) is 25.1 Å². The van der Waals surface area contributed by atoms with Gasteiger partial charge in [-0.15, -0.1) is 0 Å². The van der Waals surface area contributed by atoms with E-state index < -0.39 is 18.1 Å².